The van der Waals surface area contributed by atoms with Gasteiger partial charge in [0, 0.05) is 5.56 Å². The van der Waals surface area contributed by atoms with Crippen LogP contribution in [0, 0.1) is 0 Å². The molecule has 10 heteroatoms. The Morgan fingerprint density at radius 1 is 1.20 bits per heavy atom. The van der Waals surface area contributed by atoms with Crippen molar-refractivity contribution in [1.82, 2.24) is 15.0 Å². The molecule has 3 aromatic rings. The van der Waals surface area contributed by atoms with Crippen molar-refractivity contribution in [2.75, 3.05) is 18.5 Å². The van der Waals surface area contributed by atoms with Crippen LogP contribution in [-0.2, 0) is 10.9 Å². The smallest absolute Gasteiger partial charge is 0.431 e. The van der Waals surface area contributed by atoms with Gasteiger partial charge in [-0.05, 0) is 26.0 Å². The summed E-state index contributed by atoms with van der Waals surface area (Å²) in [5.74, 6) is 0.825. The molecule has 0 radical (unpaired) electrons. The van der Waals surface area contributed by atoms with Gasteiger partial charge in [-0.15, -0.1) is 0 Å². The summed E-state index contributed by atoms with van der Waals surface area (Å²) in [6, 6.07) is 7.67. The highest BCUT2D eigenvalue weighted by Crippen LogP contribution is 2.38. The van der Waals surface area contributed by atoms with Crippen LogP contribution in [0.4, 0.5) is 23.4 Å². The van der Waals surface area contributed by atoms with E-state index < -0.39 is 29.7 Å². The van der Waals surface area contributed by atoms with Gasteiger partial charge in [0.05, 0.1) is 18.0 Å². The lowest BCUT2D eigenvalue weighted by Gasteiger charge is -2.35. The number of para-hydroxylation sites is 1. The first-order chi connectivity index (χ1) is 14.1. The Morgan fingerprint density at radius 3 is 2.70 bits per heavy atom. The van der Waals surface area contributed by atoms with Gasteiger partial charge in [0.2, 0.25) is 0 Å². The lowest BCUT2D eigenvalue weighted by molar-refractivity contribution is -0.140. The minimum absolute atomic E-state index is 0.0579. The van der Waals surface area contributed by atoms with Crippen molar-refractivity contribution in [3.63, 3.8) is 0 Å². The van der Waals surface area contributed by atoms with Crippen molar-refractivity contribution in [1.29, 1.82) is 0 Å². The van der Waals surface area contributed by atoms with E-state index in [9.17, 15) is 17.6 Å². The van der Waals surface area contributed by atoms with E-state index in [0.29, 0.717) is 5.75 Å². The number of rotatable bonds is 5. The first-order valence-corrected chi connectivity index (χ1v) is 9.31. The largest absolute Gasteiger partial charge is 0.490 e. The average Bonchev–Trinajstić information content (AvgIpc) is 3.12. The zero-order valence-corrected chi connectivity index (χ0v) is 16.3. The van der Waals surface area contributed by atoms with Gasteiger partial charge in [-0.25, -0.2) is 14.4 Å². The van der Waals surface area contributed by atoms with Gasteiger partial charge < -0.3 is 19.8 Å². The Morgan fingerprint density at radius 2 is 1.97 bits per heavy atom. The van der Waals surface area contributed by atoms with Crippen LogP contribution in [0.5, 0.6) is 5.75 Å². The second-order valence-electron chi connectivity index (χ2n) is 7.70. The molecule has 1 aromatic carbocycles. The van der Waals surface area contributed by atoms with E-state index in [1.54, 1.807) is 6.07 Å². The molecule has 0 unspecified atom stereocenters. The highest BCUT2D eigenvalue weighted by molar-refractivity contribution is 5.88. The zero-order chi connectivity index (χ0) is 21.5. The molecule has 0 bridgehead atoms. The van der Waals surface area contributed by atoms with Gasteiger partial charge >= 0.3 is 6.18 Å². The number of benzene rings is 1. The minimum atomic E-state index is -4.54. The van der Waals surface area contributed by atoms with Crippen molar-refractivity contribution < 1.29 is 27.0 Å². The standard InChI is InChI=1S/C20H20F4N4O2/c1-19(2,21)9-30-14-8-29-13-6-4-3-5-11(13)16(14)28-18-12-7-15(20(22,23)24)27-17(12)25-10-26-18/h3-7,10,14,16H,8-9H2,1-2H3,(H2,25,26,27,28)/t14-,16-/m0/s1. The number of hydrogen-bond acceptors (Lipinski definition) is 5. The van der Waals surface area contributed by atoms with E-state index in [-0.39, 0.29) is 30.1 Å². The molecule has 0 aliphatic carbocycles. The molecule has 2 N–H and O–H groups in total. The third kappa shape index (κ3) is 4.18. The number of anilines is 1. The van der Waals surface area contributed by atoms with Gasteiger partial charge in [-0.2, -0.15) is 13.2 Å². The predicted octanol–water partition coefficient (Wildman–Crippen LogP) is 4.66. The first kappa shape index (κ1) is 20.4. The van der Waals surface area contributed by atoms with Gasteiger partial charge in [0.15, 0.2) is 0 Å². The maximum atomic E-state index is 14.0. The van der Waals surface area contributed by atoms with Crippen LogP contribution in [0.1, 0.15) is 31.1 Å². The van der Waals surface area contributed by atoms with Crippen molar-refractivity contribution in [3.05, 3.63) is 47.9 Å². The molecular formula is C20H20F4N4O2. The number of nitrogens with one attached hydrogen (secondary N) is 2. The van der Waals surface area contributed by atoms with Crippen LogP contribution in [0.3, 0.4) is 0 Å². The van der Waals surface area contributed by atoms with Crippen molar-refractivity contribution in [2.45, 2.75) is 37.8 Å². The van der Waals surface area contributed by atoms with Crippen LogP contribution >= 0.6 is 0 Å². The monoisotopic (exact) mass is 424 g/mol. The molecule has 0 spiro atoms. The fourth-order valence-electron chi connectivity index (χ4n) is 3.31. The van der Waals surface area contributed by atoms with E-state index in [4.69, 9.17) is 9.47 Å². The molecule has 0 saturated heterocycles. The number of halogens is 4. The second kappa shape index (κ2) is 7.42. The molecule has 4 rings (SSSR count). The fourth-order valence-corrected chi connectivity index (χ4v) is 3.31. The molecular weight excluding hydrogens is 404 g/mol. The van der Waals surface area contributed by atoms with Crippen molar-refractivity contribution >= 4 is 16.9 Å². The SMILES string of the molecule is CC(C)(F)CO[C@H]1COc2ccccc2[C@@H]1Nc1ncnc2[nH]c(C(F)(F)F)cc12. The first-order valence-electron chi connectivity index (χ1n) is 9.31. The topological polar surface area (TPSA) is 72.1 Å². The molecule has 6 nitrogen and oxygen atoms in total. The molecule has 2 atom stereocenters. The van der Waals surface area contributed by atoms with Crippen LogP contribution in [0.25, 0.3) is 11.0 Å². The summed E-state index contributed by atoms with van der Waals surface area (Å²) in [6.45, 7) is 2.79. The number of aromatic nitrogens is 3. The Labute approximate surface area is 169 Å². The molecule has 0 amide bonds. The molecule has 0 fully saturated rings. The number of nitrogens with zero attached hydrogens (tertiary/aromatic N) is 2. The van der Waals surface area contributed by atoms with E-state index in [1.807, 2.05) is 18.2 Å². The summed E-state index contributed by atoms with van der Waals surface area (Å²) in [5, 5.41) is 3.36. The number of aromatic amines is 1. The van der Waals surface area contributed by atoms with E-state index in [1.165, 1.54) is 20.2 Å². The summed E-state index contributed by atoms with van der Waals surface area (Å²) < 4.78 is 64.8. The highest BCUT2D eigenvalue weighted by atomic mass is 19.4. The number of fused-ring (bicyclic) bond motifs is 2. The number of H-pyrrole nitrogens is 1. The molecule has 1 aliphatic heterocycles. The summed E-state index contributed by atoms with van der Waals surface area (Å²) >= 11 is 0. The van der Waals surface area contributed by atoms with Crippen LogP contribution < -0.4 is 10.1 Å². The number of ether oxygens (including phenoxy) is 2. The molecule has 30 heavy (non-hydrogen) atoms. The zero-order valence-electron chi connectivity index (χ0n) is 16.3. The number of hydrogen-bond donors (Lipinski definition) is 2. The fraction of sp³-hybridized carbons (Fsp3) is 0.400. The van der Waals surface area contributed by atoms with Gasteiger partial charge in [-0.3, -0.25) is 0 Å². The summed E-state index contributed by atoms with van der Waals surface area (Å²) in [5.41, 5.74) is -1.67. The molecule has 3 heterocycles. The van der Waals surface area contributed by atoms with E-state index >= 15 is 0 Å². The molecule has 0 saturated carbocycles. The summed E-state index contributed by atoms with van der Waals surface area (Å²) in [6.07, 6.45) is -3.95. The van der Waals surface area contributed by atoms with Crippen LogP contribution in [0.15, 0.2) is 36.7 Å². The Balaban J connectivity index is 1.70. The Hall–Kier alpha value is -2.88. The Bertz CT molecular complexity index is 1050. The molecule has 160 valence electrons. The highest BCUT2D eigenvalue weighted by Gasteiger charge is 2.36. The molecule has 1 aliphatic rings. The van der Waals surface area contributed by atoms with Gasteiger partial charge in [0.1, 0.15) is 47.6 Å². The third-order valence-corrected chi connectivity index (χ3v) is 4.69. The normalized spacial score (nSPS) is 19.4. The predicted molar refractivity (Wildman–Crippen MR) is 102 cm³/mol. The minimum Gasteiger partial charge on any atom is -0.490 e. The van der Waals surface area contributed by atoms with Crippen LogP contribution in [-0.4, -0.2) is 39.9 Å². The summed E-state index contributed by atoms with van der Waals surface area (Å²) in [4.78, 5) is 10.3. The molecule has 2 aromatic heterocycles. The average molecular weight is 424 g/mol. The van der Waals surface area contributed by atoms with Crippen molar-refractivity contribution in [2.24, 2.45) is 0 Å². The Kier molecular flexibility index (Phi) is 5.05. The quantitative estimate of drug-likeness (QED) is 0.583. The summed E-state index contributed by atoms with van der Waals surface area (Å²) in [7, 11) is 0. The maximum Gasteiger partial charge on any atom is 0.431 e. The van der Waals surface area contributed by atoms with Gasteiger partial charge in [0.25, 0.3) is 0 Å². The van der Waals surface area contributed by atoms with E-state index in [2.05, 4.69) is 20.3 Å². The maximum absolute atomic E-state index is 14.0. The van der Waals surface area contributed by atoms with Gasteiger partial charge in [-0.1, -0.05) is 18.2 Å². The van der Waals surface area contributed by atoms with Crippen molar-refractivity contribution in [3.8, 4) is 5.75 Å². The van der Waals surface area contributed by atoms with E-state index in [0.717, 1.165) is 11.6 Å². The lowest BCUT2D eigenvalue weighted by Crippen LogP contribution is -2.40. The van der Waals surface area contributed by atoms with Crippen LogP contribution in [0.2, 0.25) is 0 Å². The lowest BCUT2D eigenvalue weighted by atomic mass is 9.97. The third-order valence-electron chi connectivity index (χ3n) is 4.69. The second-order valence-corrected chi connectivity index (χ2v) is 7.70. The number of alkyl halides is 4.